The van der Waals surface area contributed by atoms with Gasteiger partial charge in [-0.15, -0.1) is 0 Å². The molecular formula is C9H18N2O. The van der Waals surface area contributed by atoms with Crippen LogP contribution in [0.25, 0.3) is 0 Å². The molecule has 0 aliphatic heterocycles. The van der Waals surface area contributed by atoms with Gasteiger partial charge in [-0.25, -0.2) is 4.79 Å². The lowest BCUT2D eigenvalue weighted by Gasteiger charge is -2.12. The average molecular weight is 170 g/mol. The first-order valence-electron chi connectivity index (χ1n) is 4.38. The summed E-state index contributed by atoms with van der Waals surface area (Å²) in [6.07, 6.45) is 1.24. The predicted octanol–water partition coefficient (Wildman–Crippen LogP) is 1.30. The number of rotatable bonds is 2. The van der Waals surface area contributed by atoms with Gasteiger partial charge in [-0.2, -0.15) is 0 Å². The average Bonchev–Trinajstić information content (AvgIpc) is 2.54. The maximum atomic E-state index is 11.1. The van der Waals surface area contributed by atoms with Crippen molar-refractivity contribution in [2.75, 3.05) is 20.6 Å². The van der Waals surface area contributed by atoms with Crippen LogP contribution in [0.4, 0.5) is 4.79 Å². The zero-order valence-electron chi connectivity index (χ0n) is 8.35. The van der Waals surface area contributed by atoms with Crippen LogP contribution in [-0.2, 0) is 0 Å². The number of carbonyl (C=O) groups excluding carboxylic acids is 1. The van der Waals surface area contributed by atoms with E-state index >= 15 is 0 Å². The summed E-state index contributed by atoms with van der Waals surface area (Å²) in [6.45, 7) is 5.29. The van der Waals surface area contributed by atoms with E-state index in [1.807, 2.05) is 0 Å². The predicted molar refractivity (Wildman–Crippen MR) is 49.0 cm³/mol. The van der Waals surface area contributed by atoms with Gasteiger partial charge in [0.15, 0.2) is 0 Å². The molecule has 1 saturated carbocycles. The van der Waals surface area contributed by atoms with Crippen molar-refractivity contribution in [3.63, 3.8) is 0 Å². The van der Waals surface area contributed by atoms with Crippen LogP contribution in [0, 0.1) is 11.3 Å². The Balaban J connectivity index is 2.16. The smallest absolute Gasteiger partial charge is 0.316 e. The molecule has 0 heterocycles. The van der Waals surface area contributed by atoms with Crippen LogP contribution in [0.5, 0.6) is 0 Å². The monoisotopic (exact) mass is 170 g/mol. The molecule has 1 aliphatic rings. The lowest BCUT2D eigenvalue weighted by atomic mass is 10.1. The number of amides is 2. The molecule has 0 aromatic heterocycles. The number of carbonyl (C=O) groups is 1. The minimum Gasteiger partial charge on any atom is -0.338 e. The van der Waals surface area contributed by atoms with Crippen molar-refractivity contribution >= 4 is 6.03 Å². The molecule has 1 N–H and O–H groups in total. The Labute approximate surface area is 74.1 Å². The molecule has 0 aromatic carbocycles. The summed E-state index contributed by atoms with van der Waals surface area (Å²) >= 11 is 0. The molecule has 0 spiro atoms. The van der Waals surface area contributed by atoms with Gasteiger partial charge in [-0.3, -0.25) is 0 Å². The Kier molecular flexibility index (Phi) is 2.31. The lowest BCUT2D eigenvalue weighted by molar-refractivity contribution is 0.216. The standard InChI is InChI=1S/C9H18N2O/c1-9(2)5-7(9)6-10-8(12)11(3)4/h7H,5-6H2,1-4H3,(H,10,12). The van der Waals surface area contributed by atoms with Crippen LogP contribution in [0.2, 0.25) is 0 Å². The molecule has 0 aromatic rings. The maximum absolute atomic E-state index is 11.1. The largest absolute Gasteiger partial charge is 0.338 e. The molecule has 1 aliphatic carbocycles. The summed E-state index contributed by atoms with van der Waals surface area (Å²) in [6, 6.07) is 0.0118. The Hall–Kier alpha value is -0.730. The Bertz CT molecular complexity index is 187. The van der Waals surface area contributed by atoms with Gasteiger partial charge in [0.2, 0.25) is 0 Å². The van der Waals surface area contributed by atoms with Gasteiger partial charge in [0.1, 0.15) is 0 Å². The number of hydrogen-bond donors (Lipinski definition) is 1. The van der Waals surface area contributed by atoms with E-state index in [4.69, 9.17) is 0 Å². The van der Waals surface area contributed by atoms with E-state index in [-0.39, 0.29) is 6.03 Å². The van der Waals surface area contributed by atoms with E-state index in [0.717, 1.165) is 6.54 Å². The van der Waals surface area contributed by atoms with Gasteiger partial charge < -0.3 is 10.2 Å². The van der Waals surface area contributed by atoms with Crippen molar-refractivity contribution < 1.29 is 4.79 Å². The summed E-state index contributed by atoms with van der Waals surface area (Å²) in [7, 11) is 3.51. The van der Waals surface area contributed by atoms with Gasteiger partial charge in [0, 0.05) is 20.6 Å². The summed E-state index contributed by atoms with van der Waals surface area (Å²) in [5.74, 6) is 0.682. The molecule has 0 bridgehead atoms. The van der Waals surface area contributed by atoms with E-state index in [0.29, 0.717) is 11.3 Å². The Morgan fingerprint density at radius 1 is 1.58 bits per heavy atom. The first-order chi connectivity index (χ1) is 5.43. The first-order valence-corrected chi connectivity index (χ1v) is 4.38. The summed E-state index contributed by atoms with van der Waals surface area (Å²) < 4.78 is 0. The van der Waals surface area contributed by atoms with Crippen LogP contribution in [0.15, 0.2) is 0 Å². The van der Waals surface area contributed by atoms with Crippen molar-refractivity contribution in [2.45, 2.75) is 20.3 Å². The number of hydrogen-bond acceptors (Lipinski definition) is 1. The molecule has 0 saturated heterocycles. The Morgan fingerprint density at radius 3 is 2.42 bits per heavy atom. The number of urea groups is 1. The normalized spacial score (nSPS) is 24.8. The van der Waals surface area contributed by atoms with E-state index in [2.05, 4.69) is 19.2 Å². The van der Waals surface area contributed by atoms with E-state index in [1.54, 1.807) is 19.0 Å². The van der Waals surface area contributed by atoms with Gasteiger partial charge in [0.25, 0.3) is 0 Å². The summed E-state index contributed by atoms with van der Waals surface area (Å²) in [5, 5.41) is 2.89. The van der Waals surface area contributed by atoms with Gasteiger partial charge in [0.05, 0.1) is 0 Å². The first kappa shape index (κ1) is 9.36. The molecule has 0 radical (unpaired) electrons. The highest BCUT2D eigenvalue weighted by Gasteiger charge is 2.45. The molecule has 2 amide bonds. The third kappa shape index (κ3) is 2.13. The molecule has 12 heavy (non-hydrogen) atoms. The van der Waals surface area contributed by atoms with Crippen LogP contribution in [0.3, 0.4) is 0 Å². The maximum Gasteiger partial charge on any atom is 0.316 e. The second-order valence-corrected chi connectivity index (χ2v) is 4.47. The second-order valence-electron chi connectivity index (χ2n) is 4.47. The topological polar surface area (TPSA) is 32.3 Å². The van der Waals surface area contributed by atoms with Crippen LogP contribution in [-0.4, -0.2) is 31.6 Å². The molecule has 1 atom stereocenters. The molecular weight excluding hydrogens is 152 g/mol. The van der Waals surface area contributed by atoms with E-state index < -0.39 is 0 Å². The molecule has 3 heteroatoms. The van der Waals surface area contributed by atoms with Crippen molar-refractivity contribution in [1.29, 1.82) is 0 Å². The molecule has 1 fully saturated rings. The van der Waals surface area contributed by atoms with Gasteiger partial charge in [-0.1, -0.05) is 13.8 Å². The van der Waals surface area contributed by atoms with Crippen molar-refractivity contribution in [1.82, 2.24) is 10.2 Å². The SMILES string of the molecule is CN(C)C(=O)NCC1CC1(C)C. The van der Waals surface area contributed by atoms with Gasteiger partial charge >= 0.3 is 6.03 Å². The van der Waals surface area contributed by atoms with Crippen LogP contribution < -0.4 is 5.32 Å². The summed E-state index contributed by atoms with van der Waals surface area (Å²) in [4.78, 5) is 12.7. The van der Waals surface area contributed by atoms with Crippen LogP contribution in [0.1, 0.15) is 20.3 Å². The zero-order chi connectivity index (χ0) is 9.35. The van der Waals surface area contributed by atoms with Crippen molar-refractivity contribution in [3.05, 3.63) is 0 Å². The number of nitrogens with one attached hydrogen (secondary N) is 1. The highest BCUT2D eigenvalue weighted by atomic mass is 16.2. The van der Waals surface area contributed by atoms with E-state index in [9.17, 15) is 4.79 Å². The Morgan fingerprint density at radius 2 is 2.08 bits per heavy atom. The number of nitrogens with zero attached hydrogens (tertiary/aromatic N) is 1. The van der Waals surface area contributed by atoms with Crippen molar-refractivity contribution in [3.8, 4) is 0 Å². The fourth-order valence-corrected chi connectivity index (χ4v) is 1.29. The minimum absolute atomic E-state index is 0.0118. The molecule has 3 nitrogen and oxygen atoms in total. The van der Waals surface area contributed by atoms with Crippen LogP contribution >= 0.6 is 0 Å². The summed E-state index contributed by atoms with van der Waals surface area (Å²) in [5.41, 5.74) is 0.458. The van der Waals surface area contributed by atoms with E-state index in [1.165, 1.54) is 6.42 Å². The fourth-order valence-electron chi connectivity index (χ4n) is 1.29. The highest BCUT2D eigenvalue weighted by Crippen LogP contribution is 2.50. The molecule has 70 valence electrons. The van der Waals surface area contributed by atoms with Crippen molar-refractivity contribution in [2.24, 2.45) is 11.3 Å². The third-order valence-corrected chi connectivity index (χ3v) is 2.62. The highest BCUT2D eigenvalue weighted by molar-refractivity contribution is 5.73. The fraction of sp³-hybridized carbons (Fsp3) is 0.889. The molecule has 1 unspecified atom stereocenters. The van der Waals surface area contributed by atoms with Gasteiger partial charge in [-0.05, 0) is 17.8 Å². The zero-order valence-corrected chi connectivity index (χ0v) is 8.35. The third-order valence-electron chi connectivity index (χ3n) is 2.62. The second kappa shape index (κ2) is 2.96. The minimum atomic E-state index is 0.0118. The lowest BCUT2D eigenvalue weighted by Crippen LogP contribution is -2.36. The quantitative estimate of drug-likeness (QED) is 0.665. The molecule has 1 rings (SSSR count).